The van der Waals surface area contributed by atoms with Crippen LogP contribution in [0.4, 0.5) is 8.78 Å². The lowest BCUT2D eigenvalue weighted by Gasteiger charge is -2.37. The number of benzene rings is 1. The molecule has 0 aliphatic carbocycles. The van der Waals surface area contributed by atoms with Crippen molar-refractivity contribution in [2.75, 3.05) is 0 Å². The van der Waals surface area contributed by atoms with E-state index in [0.717, 1.165) is 11.8 Å². The minimum absolute atomic E-state index is 0.208. The molecule has 0 saturated heterocycles. The molecule has 104 valence electrons. The highest BCUT2D eigenvalue weighted by Crippen LogP contribution is 2.35. The van der Waals surface area contributed by atoms with Crippen LogP contribution in [0.15, 0.2) is 28.9 Å². The zero-order valence-electron chi connectivity index (χ0n) is 10.5. The molecule has 0 spiro atoms. The van der Waals surface area contributed by atoms with Crippen molar-refractivity contribution in [3.8, 4) is 0 Å². The zero-order valence-corrected chi connectivity index (χ0v) is 12.9. The van der Waals surface area contributed by atoms with E-state index >= 15 is 0 Å². The Bertz CT molecular complexity index is 716. The molecule has 2 heterocycles. The van der Waals surface area contributed by atoms with E-state index in [9.17, 15) is 8.78 Å². The summed E-state index contributed by atoms with van der Waals surface area (Å²) in [7, 11) is 0. The first-order valence-electron chi connectivity index (χ1n) is 5.90. The highest BCUT2D eigenvalue weighted by Gasteiger charge is 2.38. The molecule has 3 rings (SSSR count). The lowest BCUT2D eigenvalue weighted by Crippen LogP contribution is -2.51. The summed E-state index contributed by atoms with van der Waals surface area (Å²) in [6.07, 6.45) is 1.64. The van der Waals surface area contributed by atoms with Crippen LogP contribution in [0.5, 0.6) is 0 Å². The highest BCUT2D eigenvalue weighted by atomic mass is 79.9. The van der Waals surface area contributed by atoms with E-state index in [2.05, 4.69) is 26.3 Å². The summed E-state index contributed by atoms with van der Waals surface area (Å²) in [6.45, 7) is 2.26. The molecule has 1 unspecified atom stereocenters. The standard InChI is InChI=1S/C13H10BrF2N3S/c1-13(7-4-8(14)10(16)5-9(7)15)11-2-3-17-19(11)6-12(20)18-13/h2-5H,6H2,1H3,(H,18,20). The van der Waals surface area contributed by atoms with Crippen LogP contribution in [-0.2, 0) is 12.1 Å². The lowest BCUT2D eigenvalue weighted by atomic mass is 9.86. The van der Waals surface area contributed by atoms with Gasteiger partial charge in [-0.2, -0.15) is 5.10 Å². The SMILES string of the molecule is CC1(c2cc(Br)c(F)cc2F)NC(=S)Cn2nccc21. The molecule has 1 aromatic carbocycles. The lowest BCUT2D eigenvalue weighted by molar-refractivity contribution is 0.418. The van der Waals surface area contributed by atoms with Crippen molar-refractivity contribution in [1.29, 1.82) is 0 Å². The maximum Gasteiger partial charge on any atom is 0.140 e. The van der Waals surface area contributed by atoms with Gasteiger partial charge in [-0.05, 0) is 35.0 Å². The van der Waals surface area contributed by atoms with Crippen molar-refractivity contribution in [1.82, 2.24) is 15.1 Å². The Morgan fingerprint density at radius 3 is 2.90 bits per heavy atom. The fourth-order valence-electron chi connectivity index (χ4n) is 2.51. The van der Waals surface area contributed by atoms with E-state index in [0.29, 0.717) is 17.1 Å². The molecule has 0 fully saturated rings. The van der Waals surface area contributed by atoms with E-state index < -0.39 is 17.2 Å². The van der Waals surface area contributed by atoms with Crippen LogP contribution >= 0.6 is 28.1 Å². The highest BCUT2D eigenvalue weighted by molar-refractivity contribution is 9.10. The molecular formula is C13H10BrF2N3S. The Kier molecular flexibility index (Phi) is 3.13. The minimum atomic E-state index is -0.883. The first kappa shape index (κ1) is 13.6. The number of thiocarbonyl (C=S) groups is 1. The summed E-state index contributed by atoms with van der Waals surface area (Å²) in [6, 6.07) is 4.10. The van der Waals surface area contributed by atoms with Gasteiger partial charge in [-0.3, -0.25) is 4.68 Å². The maximum atomic E-state index is 14.2. The van der Waals surface area contributed by atoms with Gasteiger partial charge in [0, 0.05) is 17.8 Å². The number of fused-ring (bicyclic) bond motifs is 1. The van der Waals surface area contributed by atoms with Crippen molar-refractivity contribution in [2.24, 2.45) is 0 Å². The third-order valence-electron chi connectivity index (χ3n) is 3.46. The number of halogens is 3. The normalized spacial score (nSPS) is 21.5. The van der Waals surface area contributed by atoms with Gasteiger partial charge < -0.3 is 5.32 Å². The molecule has 1 atom stereocenters. The van der Waals surface area contributed by atoms with E-state index in [1.54, 1.807) is 23.9 Å². The smallest absolute Gasteiger partial charge is 0.140 e. The molecule has 1 aliphatic rings. The van der Waals surface area contributed by atoms with Crippen LogP contribution in [0.25, 0.3) is 0 Å². The van der Waals surface area contributed by atoms with E-state index in [1.807, 2.05) is 0 Å². The number of rotatable bonds is 1. The van der Waals surface area contributed by atoms with Gasteiger partial charge >= 0.3 is 0 Å². The molecule has 20 heavy (non-hydrogen) atoms. The quantitative estimate of drug-likeness (QED) is 0.628. The fraction of sp³-hybridized carbons (Fsp3) is 0.231. The molecule has 1 N–H and O–H groups in total. The number of nitrogens with zero attached hydrogens (tertiary/aromatic N) is 2. The largest absolute Gasteiger partial charge is 0.363 e. The van der Waals surface area contributed by atoms with Crippen LogP contribution < -0.4 is 5.32 Å². The number of aromatic nitrogens is 2. The van der Waals surface area contributed by atoms with Crippen molar-refractivity contribution < 1.29 is 8.78 Å². The van der Waals surface area contributed by atoms with Crippen LogP contribution in [0.2, 0.25) is 0 Å². The zero-order chi connectivity index (χ0) is 14.5. The summed E-state index contributed by atoms with van der Waals surface area (Å²) in [5.41, 5.74) is 0.213. The van der Waals surface area contributed by atoms with Gasteiger partial charge in [-0.15, -0.1) is 0 Å². The Hall–Kier alpha value is -1.34. The Morgan fingerprint density at radius 1 is 1.40 bits per heavy atom. The van der Waals surface area contributed by atoms with Crippen molar-refractivity contribution in [3.63, 3.8) is 0 Å². The van der Waals surface area contributed by atoms with Gasteiger partial charge in [0.2, 0.25) is 0 Å². The predicted molar refractivity (Wildman–Crippen MR) is 78.5 cm³/mol. The number of nitrogens with one attached hydrogen (secondary N) is 1. The first-order valence-corrected chi connectivity index (χ1v) is 7.10. The van der Waals surface area contributed by atoms with E-state index in [4.69, 9.17) is 12.2 Å². The monoisotopic (exact) mass is 357 g/mol. The van der Waals surface area contributed by atoms with Gasteiger partial charge in [0.1, 0.15) is 17.2 Å². The molecule has 0 amide bonds. The van der Waals surface area contributed by atoms with Gasteiger partial charge in [-0.1, -0.05) is 12.2 Å². The second-order valence-electron chi connectivity index (χ2n) is 4.79. The average Bonchev–Trinajstić information content (AvgIpc) is 2.82. The van der Waals surface area contributed by atoms with Crippen molar-refractivity contribution in [2.45, 2.75) is 19.0 Å². The van der Waals surface area contributed by atoms with Gasteiger partial charge in [0.15, 0.2) is 0 Å². The molecule has 0 bridgehead atoms. The van der Waals surface area contributed by atoms with Gasteiger partial charge in [-0.25, -0.2) is 8.78 Å². The summed E-state index contributed by atoms with van der Waals surface area (Å²) in [5, 5.41) is 7.30. The summed E-state index contributed by atoms with van der Waals surface area (Å²) in [5.74, 6) is -1.26. The molecule has 0 saturated carbocycles. The van der Waals surface area contributed by atoms with Crippen LogP contribution in [0, 0.1) is 11.6 Å². The van der Waals surface area contributed by atoms with Crippen molar-refractivity contribution in [3.05, 3.63) is 51.8 Å². The third kappa shape index (κ3) is 1.96. The van der Waals surface area contributed by atoms with Gasteiger partial charge in [0.05, 0.1) is 21.7 Å². The number of hydrogen-bond donors (Lipinski definition) is 1. The number of hydrogen-bond acceptors (Lipinski definition) is 2. The summed E-state index contributed by atoms with van der Waals surface area (Å²) < 4.78 is 29.6. The van der Waals surface area contributed by atoms with Crippen LogP contribution in [0.1, 0.15) is 18.2 Å². The Labute approximate surface area is 128 Å². The second kappa shape index (κ2) is 4.60. The molecule has 7 heteroatoms. The summed E-state index contributed by atoms with van der Waals surface area (Å²) in [4.78, 5) is 0.559. The van der Waals surface area contributed by atoms with E-state index in [-0.39, 0.29) is 4.47 Å². The van der Waals surface area contributed by atoms with E-state index in [1.165, 1.54) is 6.07 Å². The maximum absolute atomic E-state index is 14.2. The van der Waals surface area contributed by atoms with Crippen molar-refractivity contribution >= 4 is 33.1 Å². The Balaban J connectivity index is 2.24. The molecule has 3 nitrogen and oxygen atoms in total. The van der Waals surface area contributed by atoms with Crippen LogP contribution in [0.3, 0.4) is 0 Å². The minimum Gasteiger partial charge on any atom is -0.363 e. The van der Waals surface area contributed by atoms with Crippen LogP contribution in [-0.4, -0.2) is 14.8 Å². The van der Waals surface area contributed by atoms with Gasteiger partial charge in [0.25, 0.3) is 0 Å². The molecular weight excluding hydrogens is 348 g/mol. The fourth-order valence-corrected chi connectivity index (χ4v) is 3.18. The average molecular weight is 358 g/mol. The summed E-state index contributed by atoms with van der Waals surface area (Å²) >= 11 is 8.31. The molecule has 0 radical (unpaired) electrons. The molecule has 1 aliphatic heterocycles. The molecule has 1 aromatic heterocycles. The second-order valence-corrected chi connectivity index (χ2v) is 6.14. The third-order valence-corrected chi connectivity index (χ3v) is 4.30. The first-order chi connectivity index (χ1) is 9.41. The topological polar surface area (TPSA) is 29.9 Å². The molecule has 2 aromatic rings. The Morgan fingerprint density at radius 2 is 2.15 bits per heavy atom. The predicted octanol–water partition coefficient (Wildman–Crippen LogP) is 3.12.